The molecular formula is C18H20BrNO2. The van der Waals surface area contributed by atoms with E-state index in [-0.39, 0.29) is 6.61 Å². The predicted molar refractivity (Wildman–Crippen MR) is 93.4 cm³/mol. The van der Waals surface area contributed by atoms with E-state index < -0.39 is 5.60 Å². The minimum atomic E-state index is -1.26. The van der Waals surface area contributed by atoms with E-state index in [4.69, 9.17) is 0 Å². The van der Waals surface area contributed by atoms with Gasteiger partial charge in [-0.25, -0.2) is 0 Å². The van der Waals surface area contributed by atoms with Gasteiger partial charge in [-0.2, -0.15) is 0 Å². The Morgan fingerprint density at radius 2 is 1.95 bits per heavy atom. The predicted octanol–water partition coefficient (Wildman–Crippen LogP) is 2.41. The molecule has 1 aromatic carbocycles. The van der Waals surface area contributed by atoms with Gasteiger partial charge in [0.15, 0.2) is 0 Å². The maximum Gasteiger partial charge on any atom is 0.112 e. The van der Waals surface area contributed by atoms with E-state index >= 15 is 0 Å². The lowest BCUT2D eigenvalue weighted by atomic mass is 9.84. The van der Waals surface area contributed by atoms with Crippen LogP contribution in [0.1, 0.15) is 12.0 Å². The van der Waals surface area contributed by atoms with E-state index in [0.717, 1.165) is 21.2 Å². The van der Waals surface area contributed by atoms with Crippen molar-refractivity contribution in [2.24, 2.45) is 0 Å². The molecule has 0 bridgehead atoms. The summed E-state index contributed by atoms with van der Waals surface area (Å²) in [5.74, 6) is 6.23. The summed E-state index contributed by atoms with van der Waals surface area (Å²) in [6.45, 7) is 0.303. The van der Waals surface area contributed by atoms with Crippen LogP contribution in [-0.2, 0) is 0 Å². The van der Waals surface area contributed by atoms with Crippen LogP contribution in [0.25, 0.3) is 5.57 Å². The third-order valence-corrected chi connectivity index (χ3v) is 4.05. The standard InChI is InChI=1S/C18H20BrNO2/c1-20(2)10-6-9-15-11-18(22,13-21)12-16(19)17(15)14-7-4-3-5-8-14/h3-5,7-8,11,21-22H,10,12-13H2,1-2H3. The van der Waals surface area contributed by atoms with E-state index in [1.165, 1.54) is 0 Å². The number of hydrogen-bond acceptors (Lipinski definition) is 3. The van der Waals surface area contributed by atoms with Gasteiger partial charge in [-0.05, 0) is 25.7 Å². The summed E-state index contributed by atoms with van der Waals surface area (Å²) < 4.78 is 0.854. The van der Waals surface area contributed by atoms with E-state index in [1.807, 2.05) is 49.3 Å². The molecule has 0 aromatic heterocycles. The lowest BCUT2D eigenvalue weighted by Gasteiger charge is -2.29. The molecule has 0 heterocycles. The Bertz CT molecular complexity index is 653. The fraction of sp³-hybridized carbons (Fsp3) is 0.333. The van der Waals surface area contributed by atoms with Gasteiger partial charge in [0.2, 0.25) is 0 Å². The van der Waals surface area contributed by atoms with Gasteiger partial charge in [-0.15, -0.1) is 0 Å². The second-order valence-corrected chi connectivity index (χ2v) is 6.64. The average molecular weight is 362 g/mol. The van der Waals surface area contributed by atoms with E-state index in [1.54, 1.807) is 6.08 Å². The number of nitrogens with zero attached hydrogens (tertiary/aromatic N) is 1. The Kier molecular flexibility index (Phi) is 5.60. The van der Waals surface area contributed by atoms with Gasteiger partial charge in [0.1, 0.15) is 5.60 Å². The fourth-order valence-electron chi connectivity index (χ4n) is 2.31. The first-order valence-electron chi connectivity index (χ1n) is 7.09. The lowest BCUT2D eigenvalue weighted by molar-refractivity contribution is 0.0284. The molecular weight excluding hydrogens is 342 g/mol. The molecule has 1 aromatic rings. The summed E-state index contributed by atoms with van der Waals surface area (Å²) in [5, 5.41) is 19.9. The van der Waals surface area contributed by atoms with Crippen molar-refractivity contribution in [2.45, 2.75) is 12.0 Å². The Balaban J connectivity index is 2.46. The van der Waals surface area contributed by atoms with Crippen molar-refractivity contribution in [1.82, 2.24) is 4.90 Å². The number of allylic oxidation sites excluding steroid dienone is 2. The van der Waals surface area contributed by atoms with Crippen LogP contribution in [0, 0.1) is 11.8 Å². The topological polar surface area (TPSA) is 43.7 Å². The highest BCUT2D eigenvalue weighted by atomic mass is 79.9. The van der Waals surface area contributed by atoms with Gasteiger partial charge in [0.25, 0.3) is 0 Å². The maximum atomic E-state index is 10.4. The van der Waals surface area contributed by atoms with Crippen LogP contribution >= 0.6 is 15.9 Å². The second-order valence-electron chi connectivity index (χ2n) is 5.68. The van der Waals surface area contributed by atoms with Crippen molar-refractivity contribution in [3.63, 3.8) is 0 Å². The first-order valence-corrected chi connectivity index (χ1v) is 7.88. The molecule has 0 saturated heterocycles. The smallest absolute Gasteiger partial charge is 0.112 e. The van der Waals surface area contributed by atoms with Crippen LogP contribution in [0.5, 0.6) is 0 Å². The number of benzene rings is 1. The molecule has 1 unspecified atom stereocenters. The lowest BCUT2D eigenvalue weighted by Crippen LogP contribution is -2.33. The van der Waals surface area contributed by atoms with Gasteiger partial charge in [-0.1, -0.05) is 58.1 Å². The van der Waals surface area contributed by atoms with E-state index in [0.29, 0.717) is 13.0 Å². The molecule has 2 N–H and O–H groups in total. The molecule has 4 heteroatoms. The number of rotatable bonds is 3. The average Bonchev–Trinajstić information content (AvgIpc) is 2.47. The van der Waals surface area contributed by atoms with Crippen molar-refractivity contribution in [3.05, 3.63) is 52.0 Å². The minimum Gasteiger partial charge on any atom is -0.393 e. The zero-order valence-corrected chi connectivity index (χ0v) is 14.4. The molecule has 0 aliphatic heterocycles. The fourth-order valence-corrected chi connectivity index (χ4v) is 3.23. The third kappa shape index (κ3) is 4.08. The Hall–Kier alpha value is -1.38. The Morgan fingerprint density at radius 1 is 1.27 bits per heavy atom. The van der Waals surface area contributed by atoms with Gasteiger partial charge in [0.05, 0.1) is 13.2 Å². The summed E-state index contributed by atoms with van der Waals surface area (Å²) in [5.41, 5.74) is 1.49. The number of hydrogen-bond donors (Lipinski definition) is 2. The van der Waals surface area contributed by atoms with E-state index in [9.17, 15) is 10.2 Å². The first kappa shape index (κ1) is 17.0. The highest BCUT2D eigenvalue weighted by molar-refractivity contribution is 9.11. The monoisotopic (exact) mass is 361 g/mol. The summed E-state index contributed by atoms with van der Waals surface area (Å²) in [6, 6.07) is 9.94. The quantitative estimate of drug-likeness (QED) is 0.812. The number of aliphatic hydroxyl groups is 2. The number of halogens is 1. The zero-order valence-electron chi connectivity index (χ0n) is 12.8. The van der Waals surface area contributed by atoms with Crippen LogP contribution < -0.4 is 0 Å². The zero-order chi connectivity index (χ0) is 16.2. The molecule has 0 amide bonds. The largest absolute Gasteiger partial charge is 0.393 e. The second kappa shape index (κ2) is 7.26. The van der Waals surface area contributed by atoms with Gasteiger partial charge >= 0.3 is 0 Å². The summed E-state index contributed by atoms with van der Waals surface area (Å²) in [6.07, 6.45) is 2.01. The van der Waals surface area contributed by atoms with Crippen LogP contribution in [-0.4, -0.2) is 48.0 Å². The summed E-state index contributed by atoms with van der Waals surface area (Å²) in [4.78, 5) is 1.98. The summed E-state index contributed by atoms with van der Waals surface area (Å²) >= 11 is 3.56. The third-order valence-electron chi connectivity index (χ3n) is 3.37. The molecule has 1 aliphatic rings. The van der Waals surface area contributed by atoms with Crippen LogP contribution in [0.4, 0.5) is 0 Å². The molecule has 1 atom stereocenters. The van der Waals surface area contributed by atoms with Crippen molar-refractivity contribution in [1.29, 1.82) is 0 Å². The van der Waals surface area contributed by atoms with Gasteiger partial charge in [0, 0.05) is 22.0 Å². The number of aliphatic hydroxyl groups excluding tert-OH is 1. The highest BCUT2D eigenvalue weighted by Gasteiger charge is 2.31. The van der Waals surface area contributed by atoms with Crippen LogP contribution in [0.15, 0.2) is 46.5 Å². The van der Waals surface area contributed by atoms with Crippen molar-refractivity contribution in [2.75, 3.05) is 27.2 Å². The molecule has 3 nitrogen and oxygen atoms in total. The van der Waals surface area contributed by atoms with Gasteiger partial charge in [-0.3, -0.25) is 4.90 Å². The molecule has 0 saturated carbocycles. The molecule has 116 valence electrons. The Morgan fingerprint density at radius 3 is 2.55 bits per heavy atom. The normalized spacial score (nSPS) is 21.5. The molecule has 22 heavy (non-hydrogen) atoms. The maximum absolute atomic E-state index is 10.4. The van der Waals surface area contributed by atoms with Crippen LogP contribution in [0.2, 0.25) is 0 Å². The van der Waals surface area contributed by atoms with Gasteiger partial charge < -0.3 is 10.2 Å². The first-order chi connectivity index (χ1) is 10.4. The minimum absolute atomic E-state index is 0.330. The molecule has 0 radical (unpaired) electrons. The van der Waals surface area contributed by atoms with Crippen molar-refractivity contribution >= 4 is 21.5 Å². The molecule has 0 spiro atoms. The molecule has 2 rings (SSSR count). The highest BCUT2D eigenvalue weighted by Crippen LogP contribution is 2.39. The van der Waals surface area contributed by atoms with Crippen LogP contribution in [0.3, 0.4) is 0 Å². The molecule has 1 aliphatic carbocycles. The molecule has 0 fully saturated rings. The Labute approximate surface area is 140 Å². The summed E-state index contributed by atoms with van der Waals surface area (Å²) in [7, 11) is 3.91. The SMILES string of the molecule is CN(C)CC#CC1=CC(O)(CO)CC(Br)=C1c1ccccc1. The van der Waals surface area contributed by atoms with Crippen molar-refractivity contribution < 1.29 is 10.2 Å². The van der Waals surface area contributed by atoms with Crippen molar-refractivity contribution in [3.8, 4) is 11.8 Å². The van der Waals surface area contributed by atoms with E-state index in [2.05, 4.69) is 27.8 Å².